The number of hydrogen-bond acceptors (Lipinski definition) is 3. The predicted molar refractivity (Wildman–Crippen MR) is 98.4 cm³/mol. The van der Waals surface area contributed by atoms with E-state index in [1.807, 2.05) is 55.6 Å². The molecule has 0 fully saturated rings. The number of thiophene rings is 1. The van der Waals surface area contributed by atoms with Gasteiger partial charge >= 0.3 is 0 Å². The van der Waals surface area contributed by atoms with Crippen LogP contribution >= 0.6 is 11.3 Å². The molecule has 122 valence electrons. The van der Waals surface area contributed by atoms with Gasteiger partial charge in [0, 0.05) is 29.6 Å². The second-order valence-electron chi connectivity index (χ2n) is 6.38. The molecule has 1 amide bonds. The van der Waals surface area contributed by atoms with Crippen LogP contribution in [-0.4, -0.2) is 29.9 Å². The van der Waals surface area contributed by atoms with E-state index < -0.39 is 0 Å². The molecule has 3 nitrogen and oxygen atoms in total. The van der Waals surface area contributed by atoms with Crippen LogP contribution in [0.2, 0.25) is 0 Å². The monoisotopic (exact) mass is 328 g/mol. The van der Waals surface area contributed by atoms with Gasteiger partial charge < -0.3 is 5.32 Å². The standard InChI is InChI=1S/C19H24N2OS/c1-19(2,15-21(3)14-16-8-5-4-6-9-16)20-18(22)12-11-17-10-7-13-23-17/h4-13H,14-15H2,1-3H3,(H,20,22). The third kappa shape index (κ3) is 6.38. The lowest BCUT2D eigenvalue weighted by molar-refractivity contribution is -0.118. The van der Waals surface area contributed by atoms with Gasteiger partial charge in [0.25, 0.3) is 0 Å². The summed E-state index contributed by atoms with van der Waals surface area (Å²) in [5.74, 6) is -0.0588. The van der Waals surface area contributed by atoms with Gasteiger partial charge in [-0.3, -0.25) is 9.69 Å². The van der Waals surface area contributed by atoms with Crippen molar-refractivity contribution in [2.24, 2.45) is 0 Å². The van der Waals surface area contributed by atoms with Gasteiger partial charge in [-0.15, -0.1) is 11.3 Å². The molecule has 1 N–H and O–H groups in total. The van der Waals surface area contributed by atoms with Crippen LogP contribution in [0.4, 0.5) is 0 Å². The fourth-order valence-corrected chi connectivity index (χ4v) is 3.20. The van der Waals surface area contributed by atoms with Crippen molar-refractivity contribution in [2.75, 3.05) is 13.6 Å². The summed E-state index contributed by atoms with van der Waals surface area (Å²) in [7, 11) is 2.07. The van der Waals surface area contributed by atoms with Crippen LogP contribution in [0.5, 0.6) is 0 Å². The normalized spacial score (nSPS) is 12.0. The molecule has 1 aromatic carbocycles. The second kappa shape index (κ2) is 8.09. The Morgan fingerprint density at radius 1 is 1.22 bits per heavy atom. The first-order chi connectivity index (χ1) is 10.9. The van der Waals surface area contributed by atoms with Gasteiger partial charge in [0.15, 0.2) is 0 Å². The molecule has 0 saturated heterocycles. The molecular formula is C19H24N2OS. The fraction of sp³-hybridized carbons (Fsp3) is 0.316. The van der Waals surface area contributed by atoms with Gasteiger partial charge in [0.1, 0.15) is 0 Å². The van der Waals surface area contributed by atoms with E-state index >= 15 is 0 Å². The summed E-state index contributed by atoms with van der Waals surface area (Å²) in [4.78, 5) is 15.4. The van der Waals surface area contributed by atoms with Gasteiger partial charge in [0.2, 0.25) is 5.91 Å². The molecule has 0 spiro atoms. The maximum absolute atomic E-state index is 12.1. The first kappa shape index (κ1) is 17.4. The third-order valence-electron chi connectivity index (χ3n) is 3.36. The Kier molecular flexibility index (Phi) is 6.13. The molecular weight excluding hydrogens is 304 g/mol. The molecule has 0 aliphatic rings. The van der Waals surface area contributed by atoms with Crippen molar-refractivity contribution in [3.63, 3.8) is 0 Å². The SMILES string of the molecule is CN(Cc1ccccc1)CC(C)(C)NC(=O)C=Cc1cccs1. The van der Waals surface area contributed by atoms with Gasteiger partial charge in [-0.25, -0.2) is 0 Å². The van der Waals surface area contributed by atoms with Crippen molar-refractivity contribution in [2.45, 2.75) is 25.9 Å². The molecule has 0 radical (unpaired) electrons. The first-order valence-corrected chi connectivity index (χ1v) is 8.59. The molecule has 0 unspecified atom stereocenters. The summed E-state index contributed by atoms with van der Waals surface area (Å²) in [5, 5.41) is 5.07. The van der Waals surface area contributed by atoms with E-state index in [0.29, 0.717) is 0 Å². The van der Waals surface area contributed by atoms with Crippen molar-refractivity contribution in [1.82, 2.24) is 10.2 Å². The van der Waals surface area contributed by atoms with Crippen molar-refractivity contribution in [1.29, 1.82) is 0 Å². The third-order valence-corrected chi connectivity index (χ3v) is 4.20. The molecule has 0 atom stereocenters. The zero-order chi connectivity index (χ0) is 16.7. The van der Waals surface area contributed by atoms with Crippen molar-refractivity contribution >= 4 is 23.3 Å². The molecule has 0 aliphatic heterocycles. The molecule has 2 rings (SSSR count). The van der Waals surface area contributed by atoms with E-state index in [0.717, 1.165) is 18.0 Å². The Morgan fingerprint density at radius 3 is 2.61 bits per heavy atom. The Bertz CT molecular complexity index is 633. The van der Waals surface area contributed by atoms with E-state index in [2.05, 4.69) is 29.4 Å². The largest absolute Gasteiger partial charge is 0.346 e. The number of nitrogens with one attached hydrogen (secondary N) is 1. The van der Waals surface area contributed by atoms with Crippen molar-refractivity contribution in [3.05, 3.63) is 64.4 Å². The topological polar surface area (TPSA) is 32.3 Å². The lowest BCUT2D eigenvalue weighted by Gasteiger charge is -2.31. The number of benzene rings is 1. The quantitative estimate of drug-likeness (QED) is 0.784. The van der Waals surface area contributed by atoms with E-state index in [4.69, 9.17) is 0 Å². The van der Waals surface area contributed by atoms with Crippen LogP contribution in [0.3, 0.4) is 0 Å². The van der Waals surface area contributed by atoms with Gasteiger partial charge in [-0.05, 0) is 44.0 Å². The number of hydrogen-bond donors (Lipinski definition) is 1. The zero-order valence-electron chi connectivity index (χ0n) is 14.0. The molecule has 4 heteroatoms. The molecule has 23 heavy (non-hydrogen) atoms. The van der Waals surface area contributed by atoms with Gasteiger partial charge in [-0.2, -0.15) is 0 Å². The van der Waals surface area contributed by atoms with Crippen LogP contribution in [0.25, 0.3) is 6.08 Å². The fourth-order valence-electron chi connectivity index (χ4n) is 2.58. The van der Waals surface area contributed by atoms with Gasteiger partial charge in [0.05, 0.1) is 0 Å². The van der Waals surface area contributed by atoms with Crippen LogP contribution < -0.4 is 5.32 Å². The summed E-state index contributed by atoms with van der Waals surface area (Å²) < 4.78 is 0. The van der Waals surface area contributed by atoms with Crippen LogP contribution in [0.1, 0.15) is 24.3 Å². The summed E-state index contributed by atoms with van der Waals surface area (Å²) in [5.41, 5.74) is 0.982. The minimum atomic E-state index is -0.291. The van der Waals surface area contributed by atoms with E-state index in [1.54, 1.807) is 17.4 Å². The predicted octanol–water partition coefficient (Wildman–Crippen LogP) is 3.79. The number of rotatable bonds is 7. The number of amides is 1. The maximum atomic E-state index is 12.1. The van der Waals surface area contributed by atoms with Crippen molar-refractivity contribution < 1.29 is 4.79 Å². The second-order valence-corrected chi connectivity index (χ2v) is 7.36. The molecule has 0 bridgehead atoms. The lowest BCUT2D eigenvalue weighted by atomic mass is 10.0. The highest BCUT2D eigenvalue weighted by Gasteiger charge is 2.21. The van der Waals surface area contributed by atoms with Gasteiger partial charge in [-0.1, -0.05) is 36.4 Å². The average molecular weight is 328 g/mol. The van der Waals surface area contributed by atoms with Crippen LogP contribution in [0.15, 0.2) is 53.9 Å². The highest BCUT2D eigenvalue weighted by atomic mass is 32.1. The Hall–Kier alpha value is -1.91. The highest BCUT2D eigenvalue weighted by Crippen LogP contribution is 2.11. The maximum Gasteiger partial charge on any atom is 0.244 e. The minimum absolute atomic E-state index is 0.0588. The average Bonchev–Trinajstić information content (AvgIpc) is 2.98. The highest BCUT2D eigenvalue weighted by molar-refractivity contribution is 7.10. The van der Waals surface area contributed by atoms with E-state index in [9.17, 15) is 4.79 Å². The number of carbonyl (C=O) groups excluding carboxylic acids is 1. The summed E-state index contributed by atoms with van der Waals surface area (Å²) in [6, 6.07) is 14.3. The molecule has 0 aliphatic carbocycles. The molecule has 0 saturated carbocycles. The Morgan fingerprint density at radius 2 is 1.96 bits per heavy atom. The van der Waals surface area contributed by atoms with E-state index in [1.165, 1.54) is 5.56 Å². The smallest absolute Gasteiger partial charge is 0.244 e. The van der Waals surface area contributed by atoms with Crippen LogP contribution in [-0.2, 0) is 11.3 Å². The lowest BCUT2D eigenvalue weighted by Crippen LogP contribution is -2.50. The summed E-state index contributed by atoms with van der Waals surface area (Å²) in [6.45, 7) is 5.74. The number of nitrogens with zero attached hydrogens (tertiary/aromatic N) is 1. The van der Waals surface area contributed by atoms with Crippen LogP contribution in [0, 0.1) is 0 Å². The Balaban J connectivity index is 1.84. The molecule has 1 aromatic heterocycles. The number of likely N-dealkylation sites (N-methyl/N-ethyl adjacent to an activating group) is 1. The minimum Gasteiger partial charge on any atom is -0.346 e. The Labute approximate surface area is 142 Å². The summed E-state index contributed by atoms with van der Waals surface area (Å²) >= 11 is 1.62. The number of carbonyl (C=O) groups is 1. The van der Waals surface area contributed by atoms with Crippen molar-refractivity contribution in [3.8, 4) is 0 Å². The summed E-state index contributed by atoms with van der Waals surface area (Å²) in [6.07, 6.45) is 3.45. The van der Waals surface area contributed by atoms with E-state index in [-0.39, 0.29) is 11.4 Å². The molecule has 2 aromatic rings. The zero-order valence-corrected chi connectivity index (χ0v) is 14.8. The molecule has 1 heterocycles. The first-order valence-electron chi connectivity index (χ1n) is 7.71.